The molecule has 1 N–H and O–H groups in total. The van der Waals surface area contributed by atoms with Gasteiger partial charge < -0.3 is 10.2 Å². The van der Waals surface area contributed by atoms with Crippen molar-refractivity contribution in [3.63, 3.8) is 0 Å². The number of hydrogen-bond donors (Lipinski definition) is 1. The third-order valence-corrected chi connectivity index (χ3v) is 5.78. The van der Waals surface area contributed by atoms with E-state index in [4.69, 9.17) is 5.10 Å². The number of hydrogen-bond acceptors (Lipinski definition) is 5. The molecule has 5 heteroatoms. The fourth-order valence-electron chi connectivity index (χ4n) is 4.19. The minimum absolute atomic E-state index is 0.457. The number of aliphatic imine (C=N–C) groups is 1. The Morgan fingerprint density at radius 2 is 1.67 bits per heavy atom. The minimum atomic E-state index is 0.457. The Kier molecular flexibility index (Phi) is 6.09. The van der Waals surface area contributed by atoms with E-state index in [1.54, 1.807) is 0 Å². The predicted molar refractivity (Wildman–Crippen MR) is 127 cm³/mol. The van der Waals surface area contributed by atoms with Gasteiger partial charge in [-0.2, -0.15) is 0 Å². The van der Waals surface area contributed by atoms with Crippen LogP contribution in [0, 0.1) is 0 Å². The van der Waals surface area contributed by atoms with Crippen LogP contribution >= 0.6 is 0 Å². The molecule has 30 heavy (non-hydrogen) atoms. The molecule has 2 atom stereocenters. The highest BCUT2D eigenvalue weighted by molar-refractivity contribution is 6.12. The first-order chi connectivity index (χ1) is 14.5. The normalized spacial score (nSPS) is 24.6. The molecule has 1 saturated heterocycles. The zero-order valence-electron chi connectivity index (χ0n) is 18.2. The fourth-order valence-corrected chi connectivity index (χ4v) is 4.19. The largest absolute Gasteiger partial charge is 0.355 e. The predicted octanol–water partition coefficient (Wildman–Crippen LogP) is 4.13. The van der Waals surface area contributed by atoms with Crippen LogP contribution in [0.4, 0.5) is 0 Å². The van der Waals surface area contributed by atoms with Crippen LogP contribution in [0.5, 0.6) is 0 Å². The number of piperazine rings is 1. The fraction of sp³-hybridized carbons (Fsp3) is 0.400. The Morgan fingerprint density at radius 3 is 2.27 bits per heavy atom. The zero-order chi connectivity index (χ0) is 21.1. The molecule has 4 rings (SSSR count). The van der Waals surface area contributed by atoms with Gasteiger partial charge in [0.2, 0.25) is 0 Å². The second-order valence-electron chi connectivity index (χ2n) is 8.48. The summed E-state index contributed by atoms with van der Waals surface area (Å²) in [5.74, 6) is 1.08. The average Bonchev–Trinajstić information content (AvgIpc) is 2.97. The molecular formula is C25H31N5. The quantitative estimate of drug-likeness (QED) is 0.828. The number of dihydropyridines is 1. The molecule has 3 heterocycles. The van der Waals surface area contributed by atoms with Crippen molar-refractivity contribution in [2.75, 3.05) is 19.6 Å². The van der Waals surface area contributed by atoms with Gasteiger partial charge in [0.15, 0.2) is 0 Å². The second-order valence-corrected chi connectivity index (χ2v) is 8.48. The van der Waals surface area contributed by atoms with Gasteiger partial charge in [-0.15, -0.1) is 10.2 Å². The van der Waals surface area contributed by atoms with E-state index in [0.29, 0.717) is 18.6 Å². The van der Waals surface area contributed by atoms with Crippen LogP contribution in [-0.4, -0.2) is 53.9 Å². The maximum absolute atomic E-state index is 4.70. The molecule has 5 nitrogen and oxygen atoms in total. The van der Waals surface area contributed by atoms with Gasteiger partial charge in [0, 0.05) is 37.2 Å². The number of amidine groups is 1. The standard InChI is InChI=1S/C25H31N5/c1-5-20-12-24(28-29-25(13-20)30-15-18(3)27-19(4)16-30)22-9-7-21(8-10-22)23-11-6-17(2)14-26-23/h6-12,18-19,27H,2,5,13-16H2,1,3-4H3/t18-,19+. The monoisotopic (exact) mass is 401 g/mol. The molecular weight excluding hydrogens is 370 g/mol. The maximum Gasteiger partial charge on any atom is 0.131 e. The molecule has 0 saturated carbocycles. The Labute approximate surface area is 179 Å². The van der Waals surface area contributed by atoms with Crippen LogP contribution in [0.1, 0.15) is 44.7 Å². The van der Waals surface area contributed by atoms with Crippen LogP contribution in [0.15, 0.2) is 75.4 Å². The molecule has 0 unspecified atom stereocenters. The van der Waals surface area contributed by atoms with Crippen LogP contribution in [0.3, 0.4) is 0 Å². The number of benzene rings is 1. The van der Waals surface area contributed by atoms with E-state index in [0.717, 1.165) is 59.9 Å². The Balaban J connectivity index is 1.58. The van der Waals surface area contributed by atoms with E-state index < -0.39 is 0 Å². The van der Waals surface area contributed by atoms with Crippen molar-refractivity contribution in [2.24, 2.45) is 15.2 Å². The van der Waals surface area contributed by atoms with Crippen LogP contribution < -0.4 is 5.32 Å². The van der Waals surface area contributed by atoms with Gasteiger partial charge >= 0.3 is 0 Å². The maximum atomic E-state index is 4.70. The van der Waals surface area contributed by atoms with Gasteiger partial charge in [-0.1, -0.05) is 49.4 Å². The summed E-state index contributed by atoms with van der Waals surface area (Å²) in [6.45, 7) is 13.2. The van der Waals surface area contributed by atoms with Crippen molar-refractivity contribution in [3.05, 3.63) is 71.3 Å². The molecule has 0 aromatic heterocycles. The van der Waals surface area contributed by atoms with Gasteiger partial charge in [0.25, 0.3) is 0 Å². The van der Waals surface area contributed by atoms with E-state index in [-0.39, 0.29) is 0 Å². The lowest BCUT2D eigenvalue weighted by Gasteiger charge is -2.37. The highest BCUT2D eigenvalue weighted by Crippen LogP contribution is 2.20. The summed E-state index contributed by atoms with van der Waals surface area (Å²) in [7, 11) is 0. The third kappa shape index (κ3) is 4.68. The summed E-state index contributed by atoms with van der Waals surface area (Å²) in [6.07, 6.45) is 8.15. The molecule has 0 radical (unpaired) electrons. The molecule has 156 valence electrons. The number of nitrogens with zero attached hydrogens (tertiary/aromatic N) is 4. The summed E-state index contributed by atoms with van der Waals surface area (Å²) in [4.78, 5) is 6.99. The lowest BCUT2D eigenvalue weighted by atomic mass is 10.00. The summed E-state index contributed by atoms with van der Waals surface area (Å²) in [6, 6.07) is 9.38. The highest BCUT2D eigenvalue weighted by atomic mass is 15.3. The summed E-state index contributed by atoms with van der Waals surface area (Å²) in [5.41, 5.74) is 6.54. The first-order valence-electron chi connectivity index (χ1n) is 10.9. The summed E-state index contributed by atoms with van der Waals surface area (Å²) < 4.78 is 0. The lowest BCUT2D eigenvalue weighted by Crippen LogP contribution is -2.55. The van der Waals surface area contributed by atoms with E-state index in [2.05, 4.69) is 78.0 Å². The minimum Gasteiger partial charge on any atom is -0.355 e. The summed E-state index contributed by atoms with van der Waals surface area (Å²) >= 11 is 0. The molecule has 0 amide bonds. The van der Waals surface area contributed by atoms with Crippen molar-refractivity contribution in [1.29, 1.82) is 0 Å². The Bertz CT molecular complexity index is 952. The molecule has 0 bridgehead atoms. The third-order valence-electron chi connectivity index (χ3n) is 5.78. The van der Waals surface area contributed by atoms with E-state index in [9.17, 15) is 0 Å². The van der Waals surface area contributed by atoms with Crippen molar-refractivity contribution in [1.82, 2.24) is 10.2 Å². The number of rotatable bonds is 3. The topological polar surface area (TPSA) is 52.4 Å². The molecule has 1 aromatic carbocycles. The van der Waals surface area contributed by atoms with Gasteiger partial charge in [-0.05, 0) is 43.6 Å². The van der Waals surface area contributed by atoms with Crippen molar-refractivity contribution in [3.8, 4) is 0 Å². The molecule has 0 aliphatic carbocycles. The molecule has 3 aliphatic heterocycles. The van der Waals surface area contributed by atoms with Gasteiger partial charge in [0.1, 0.15) is 5.84 Å². The Hall–Kier alpha value is -2.79. The lowest BCUT2D eigenvalue weighted by molar-refractivity contribution is 0.252. The molecule has 1 fully saturated rings. The van der Waals surface area contributed by atoms with Gasteiger partial charge in [-0.25, -0.2) is 0 Å². The molecule has 3 aliphatic rings. The zero-order valence-corrected chi connectivity index (χ0v) is 18.2. The van der Waals surface area contributed by atoms with Gasteiger partial charge in [0.05, 0.1) is 18.0 Å². The number of nitrogens with one attached hydrogen (secondary N) is 1. The van der Waals surface area contributed by atoms with Crippen molar-refractivity contribution < 1.29 is 0 Å². The smallest absolute Gasteiger partial charge is 0.131 e. The average molecular weight is 402 g/mol. The van der Waals surface area contributed by atoms with E-state index in [1.165, 1.54) is 5.57 Å². The van der Waals surface area contributed by atoms with Crippen molar-refractivity contribution in [2.45, 2.75) is 45.7 Å². The molecule has 1 aromatic rings. The summed E-state index contributed by atoms with van der Waals surface area (Å²) in [5, 5.41) is 13.0. The first-order valence-corrected chi connectivity index (χ1v) is 10.9. The highest BCUT2D eigenvalue weighted by Gasteiger charge is 2.25. The van der Waals surface area contributed by atoms with Gasteiger partial charge in [-0.3, -0.25) is 4.99 Å². The first kappa shape index (κ1) is 20.5. The van der Waals surface area contributed by atoms with Crippen LogP contribution in [0.2, 0.25) is 0 Å². The SMILES string of the molecule is C=C1C=CC(c2ccc(C3=NN=C(N4C[C@@H](C)N[C@@H](C)C4)CC(CC)=C3)cc2)=NC1. The second kappa shape index (κ2) is 8.92. The van der Waals surface area contributed by atoms with E-state index >= 15 is 0 Å². The number of allylic oxidation sites excluding steroid dienone is 2. The van der Waals surface area contributed by atoms with Crippen LogP contribution in [-0.2, 0) is 0 Å². The van der Waals surface area contributed by atoms with E-state index in [1.807, 2.05) is 12.2 Å². The van der Waals surface area contributed by atoms with Crippen LogP contribution in [0.25, 0.3) is 0 Å². The Morgan fingerprint density at radius 1 is 1.00 bits per heavy atom. The molecule has 0 spiro atoms. The van der Waals surface area contributed by atoms with Crippen molar-refractivity contribution >= 4 is 17.3 Å².